The Kier molecular flexibility index (Phi) is 9.21. The third kappa shape index (κ3) is 8.49. The fourth-order valence-electron chi connectivity index (χ4n) is 1.97. The van der Waals surface area contributed by atoms with Crippen LogP contribution in [-0.4, -0.2) is 49.7 Å². The van der Waals surface area contributed by atoms with Gasteiger partial charge in [0.15, 0.2) is 5.82 Å². The molecule has 0 atom stereocenters. The molecule has 2 aromatic heterocycles. The summed E-state index contributed by atoms with van der Waals surface area (Å²) in [6.07, 6.45) is 2.64. The highest BCUT2D eigenvalue weighted by atomic mass is 32.2. The predicted octanol–water partition coefficient (Wildman–Crippen LogP) is 1.57. The molecule has 13 heteroatoms. The molecule has 27 heavy (non-hydrogen) atoms. The molecule has 0 bridgehead atoms. The molecule has 0 fully saturated rings. The van der Waals surface area contributed by atoms with Gasteiger partial charge in [0.25, 0.3) is 6.20 Å². The van der Waals surface area contributed by atoms with Crippen molar-refractivity contribution in [1.82, 2.24) is 30.8 Å². The van der Waals surface area contributed by atoms with Crippen molar-refractivity contribution in [1.29, 1.82) is 0 Å². The lowest BCUT2D eigenvalue weighted by atomic mass is 10.4. The monoisotopic (exact) mass is 430 g/mol. The minimum Gasteiger partial charge on any atom is -0.374 e. The second-order valence-corrected chi connectivity index (χ2v) is 8.59. The topological polar surface area (TPSA) is 148 Å². The van der Waals surface area contributed by atoms with Crippen LogP contribution < -0.4 is 16.4 Å². The van der Waals surface area contributed by atoms with Gasteiger partial charge in [0.1, 0.15) is 5.01 Å². The average molecular weight is 431 g/mol. The summed E-state index contributed by atoms with van der Waals surface area (Å²) in [5.41, 5.74) is 7.64. The van der Waals surface area contributed by atoms with E-state index in [-0.39, 0.29) is 0 Å². The number of nitrogens with two attached hydrogens (primary N) is 1. The van der Waals surface area contributed by atoms with Crippen molar-refractivity contribution in [3.8, 4) is 0 Å². The highest BCUT2D eigenvalue weighted by Gasteiger charge is 2.05. The van der Waals surface area contributed by atoms with Gasteiger partial charge in [-0.3, -0.25) is 10.1 Å². The van der Waals surface area contributed by atoms with E-state index in [0.29, 0.717) is 24.0 Å². The molecule has 2 aromatic rings. The van der Waals surface area contributed by atoms with Crippen molar-refractivity contribution in [2.45, 2.75) is 18.4 Å². The van der Waals surface area contributed by atoms with E-state index >= 15 is 0 Å². The van der Waals surface area contributed by atoms with E-state index in [9.17, 15) is 10.1 Å². The van der Waals surface area contributed by atoms with Crippen LogP contribution in [-0.2, 0) is 11.5 Å². The molecule has 0 aliphatic rings. The number of nitrogen functional groups attached to an aromatic ring is 1. The highest BCUT2D eigenvalue weighted by molar-refractivity contribution is 7.98. The maximum absolute atomic E-state index is 10.8. The number of nitro groups is 1. The van der Waals surface area contributed by atoms with Crippen LogP contribution in [0.1, 0.15) is 16.4 Å². The number of rotatable bonds is 13. The number of aromatic nitrogens is 4. The lowest BCUT2D eigenvalue weighted by Gasteiger charge is -2.11. The van der Waals surface area contributed by atoms with E-state index in [0.717, 1.165) is 45.6 Å². The molecule has 0 radical (unpaired) electrons. The van der Waals surface area contributed by atoms with Crippen LogP contribution in [0.15, 0.2) is 18.3 Å². The molecule has 0 unspecified atom stereocenters. The molecule has 0 aliphatic carbocycles. The van der Waals surface area contributed by atoms with Crippen molar-refractivity contribution in [2.24, 2.45) is 0 Å². The summed E-state index contributed by atoms with van der Waals surface area (Å²) in [6.45, 7) is 3.19. The summed E-state index contributed by atoms with van der Waals surface area (Å²) in [5.74, 6) is 3.58. The molecule has 0 aromatic carbocycles. The normalized spacial score (nSPS) is 11.5. The molecular formula is C14H22N8O2S3. The van der Waals surface area contributed by atoms with Gasteiger partial charge in [0, 0.05) is 41.8 Å². The van der Waals surface area contributed by atoms with Gasteiger partial charge in [-0.25, -0.2) is 4.98 Å². The van der Waals surface area contributed by atoms with E-state index in [1.54, 1.807) is 29.9 Å². The summed E-state index contributed by atoms with van der Waals surface area (Å²) in [5, 5.41) is 26.0. The first kappa shape index (κ1) is 21.3. The number of hydrogen-bond acceptors (Lipinski definition) is 11. The molecule has 0 saturated carbocycles. The van der Waals surface area contributed by atoms with Crippen molar-refractivity contribution in [3.05, 3.63) is 44.9 Å². The first-order valence-corrected chi connectivity index (χ1v) is 11.2. The zero-order valence-electron chi connectivity index (χ0n) is 14.8. The maximum atomic E-state index is 10.8. The second-order valence-electron chi connectivity index (χ2n) is 5.29. The van der Waals surface area contributed by atoms with E-state index in [4.69, 9.17) is 5.73 Å². The number of aromatic amines is 1. The Labute approximate surface area is 169 Å². The Balaban J connectivity index is 1.61. The summed E-state index contributed by atoms with van der Waals surface area (Å²) >= 11 is 4.77. The van der Waals surface area contributed by atoms with Gasteiger partial charge >= 0.3 is 0 Å². The molecule has 10 nitrogen and oxygen atoms in total. The largest absolute Gasteiger partial charge is 0.374 e. The Bertz CT molecular complexity index is 748. The van der Waals surface area contributed by atoms with Crippen molar-refractivity contribution in [3.63, 3.8) is 0 Å². The lowest BCUT2D eigenvalue weighted by molar-refractivity contribution is -0.404. The molecule has 0 amide bonds. The van der Waals surface area contributed by atoms with E-state index in [1.807, 2.05) is 6.92 Å². The number of nitrogens with one attached hydrogen (secondary N) is 3. The van der Waals surface area contributed by atoms with Crippen LogP contribution in [0.2, 0.25) is 0 Å². The lowest BCUT2D eigenvalue weighted by Crippen LogP contribution is -2.30. The average Bonchev–Trinajstić information content (AvgIpc) is 3.21. The molecule has 0 saturated heterocycles. The number of H-pyrrole nitrogens is 1. The first-order valence-electron chi connectivity index (χ1n) is 8.10. The zero-order valence-corrected chi connectivity index (χ0v) is 17.3. The second kappa shape index (κ2) is 11.7. The number of nitrogens with zero attached hydrogens (tertiary/aromatic N) is 4. The molecular weight excluding hydrogens is 408 g/mol. The molecule has 148 valence electrons. The van der Waals surface area contributed by atoms with Gasteiger partial charge in [-0.05, 0) is 6.92 Å². The first-order chi connectivity index (χ1) is 13.0. The van der Waals surface area contributed by atoms with Gasteiger partial charge < -0.3 is 21.4 Å². The van der Waals surface area contributed by atoms with Crippen LogP contribution >= 0.6 is 34.9 Å². The molecule has 2 rings (SSSR count). The molecule has 0 aliphatic heterocycles. The standard InChI is InChI=1S/C14H22N8O2S3/c1-10-11(19-9-18-10)7-25-4-2-16-12(6-22(23)24)17-3-5-26-8-13-20-21-14(15)27-13/h6,9,16-17H,2-5,7-8H2,1H3,(H2,15,21)(H,18,19). The van der Waals surface area contributed by atoms with Gasteiger partial charge in [-0.15, -0.1) is 10.2 Å². The predicted molar refractivity (Wildman–Crippen MR) is 111 cm³/mol. The molecule has 5 N–H and O–H groups in total. The number of thioether (sulfide) groups is 2. The fraction of sp³-hybridized carbons (Fsp3) is 0.500. The smallest absolute Gasteiger partial charge is 0.274 e. The highest BCUT2D eigenvalue weighted by Crippen LogP contribution is 2.17. The third-order valence-electron chi connectivity index (χ3n) is 3.25. The van der Waals surface area contributed by atoms with Crippen LogP contribution in [0.3, 0.4) is 0 Å². The summed E-state index contributed by atoms with van der Waals surface area (Å²) in [7, 11) is 0. The fourth-order valence-corrected chi connectivity index (χ4v) is 4.37. The summed E-state index contributed by atoms with van der Waals surface area (Å²) in [4.78, 5) is 17.6. The Morgan fingerprint density at radius 1 is 1.33 bits per heavy atom. The zero-order chi connectivity index (χ0) is 19.5. The summed E-state index contributed by atoms with van der Waals surface area (Å²) < 4.78 is 0. The Hall–Kier alpha value is -1.99. The SMILES string of the molecule is Cc1nc[nH]c1CSCCNC(=C[N+](=O)[O-])NCCSCc1nnc(N)s1. The van der Waals surface area contributed by atoms with Crippen molar-refractivity contribution < 1.29 is 4.92 Å². The number of imidazole rings is 1. The Morgan fingerprint density at radius 3 is 2.59 bits per heavy atom. The van der Waals surface area contributed by atoms with Gasteiger partial charge in [0.05, 0.1) is 16.9 Å². The quantitative estimate of drug-likeness (QED) is 0.210. The maximum Gasteiger partial charge on any atom is 0.274 e. The van der Waals surface area contributed by atoms with E-state index in [1.165, 1.54) is 11.3 Å². The minimum absolute atomic E-state index is 0.416. The van der Waals surface area contributed by atoms with Crippen LogP contribution in [0.25, 0.3) is 0 Å². The third-order valence-corrected chi connectivity index (χ3v) is 6.14. The van der Waals surface area contributed by atoms with Crippen LogP contribution in [0.4, 0.5) is 5.13 Å². The van der Waals surface area contributed by atoms with Gasteiger partial charge in [0.2, 0.25) is 5.13 Å². The van der Waals surface area contributed by atoms with Gasteiger partial charge in [-0.1, -0.05) is 11.3 Å². The van der Waals surface area contributed by atoms with E-state index in [2.05, 4.69) is 30.8 Å². The number of anilines is 1. The molecule has 2 heterocycles. The number of hydrogen-bond donors (Lipinski definition) is 4. The summed E-state index contributed by atoms with van der Waals surface area (Å²) in [6, 6.07) is 0. The van der Waals surface area contributed by atoms with Crippen LogP contribution in [0.5, 0.6) is 0 Å². The van der Waals surface area contributed by atoms with Crippen molar-refractivity contribution >= 4 is 40.0 Å². The Morgan fingerprint density at radius 2 is 2.04 bits per heavy atom. The van der Waals surface area contributed by atoms with Crippen molar-refractivity contribution in [2.75, 3.05) is 30.3 Å². The van der Waals surface area contributed by atoms with Crippen LogP contribution in [0, 0.1) is 17.0 Å². The number of aryl methyl sites for hydroxylation is 1. The van der Waals surface area contributed by atoms with E-state index < -0.39 is 4.92 Å². The van der Waals surface area contributed by atoms with Gasteiger partial charge in [-0.2, -0.15) is 23.5 Å². The minimum atomic E-state index is -0.465. The molecule has 0 spiro atoms.